The second-order valence-electron chi connectivity index (χ2n) is 4.60. The first-order chi connectivity index (χ1) is 6.79. The van der Waals surface area contributed by atoms with Gasteiger partial charge in [-0.15, -0.1) is 0 Å². The van der Waals surface area contributed by atoms with E-state index >= 15 is 0 Å². The predicted octanol–water partition coefficient (Wildman–Crippen LogP) is 2.11. The minimum atomic E-state index is 0.872. The van der Waals surface area contributed by atoms with Crippen molar-refractivity contribution in [3.05, 3.63) is 0 Å². The third kappa shape index (κ3) is 3.25. The summed E-state index contributed by atoms with van der Waals surface area (Å²) in [5, 5.41) is 3.21. The van der Waals surface area contributed by atoms with Gasteiger partial charge in [0.15, 0.2) is 0 Å². The highest BCUT2D eigenvalue weighted by Gasteiger charge is 2.28. The SMILES string of the molecule is CCC1CCCC1N(C)CCCNC. The van der Waals surface area contributed by atoms with Crippen LogP contribution in [-0.4, -0.2) is 38.1 Å². The summed E-state index contributed by atoms with van der Waals surface area (Å²) >= 11 is 0. The van der Waals surface area contributed by atoms with Crippen LogP contribution < -0.4 is 5.32 Å². The van der Waals surface area contributed by atoms with Crippen LogP contribution in [0.4, 0.5) is 0 Å². The summed E-state index contributed by atoms with van der Waals surface area (Å²) < 4.78 is 0. The van der Waals surface area contributed by atoms with Gasteiger partial charge in [0.25, 0.3) is 0 Å². The Morgan fingerprint density at radius 2 is 2.14 bits per heavy atom. The molecule has 0 aliphatic heterocycles. The van der Waals surface area contributed by atoms with Gasteiger partial charge in [-0.1, -0.05) is 19.8 Å². The molecule has 1 fully saturated rings. The highest BCUT2D eigenvalue weighted by Crippen LogP contribution is 2.31. The van der Waals surface area contributed by atoms with Gasteiger partial charge in [0.2, 0.25) is 0 Å². The van der Waals surface area contributed by atoms with Crippen LogP contribution in [-0.2, 0) is 0 Å². The van der Waals surface area contributed by atoms with E-state index in [1.165, 1.54) is 38.6 Å². The molecule has 2 heteroatoms. The molecule has 14 heavy (non-hydrogen) atoms. The molecule has 1 N–H and O–H groups in total. The number of nitrogens with one attached hydrogen (secondary N) is 1. The van der Waals surface area contributed by atoms with E-state index < -0.39 is 0 Å². The fourth-order valence-corrected chi connectivity index (χ4v) is 2.74. The van der Waals surface area contributed by atoms with Crippen LogP contribution in [0.1, 0.15) is 39.0 Å². The Morgan fingerprint density at radius 1 is 1.36 bits per heavy atom. The molecule has 1 rings (SSSR count). The molecule has 84 valence electrons. The first-order valence-corrected chi connectivity index (χ1v) is 6.14. The molecular weight excluding hydrogens is 172 g/mol. The summed E-state index contributed by atoms with van der Waals surface area (Å²) in [6.07, 6.45) is 6.96. The molecule has 0 aromatic carbocycles. The molecule has 1 aliphatic carbocycles. The minimum Gasteiger partial charge on any atom is -0.320 e. The molecular formula is C12H26N2. The molecule has 1 saturated carbocycles. The van der Waals surface area contributed by atoms with E-state index in [9.17, 15) is 0 Å². The Balaban J connectivity index is 2.24. The Hall–Kier alpha value is -0.0800. The van der Waals surface area contributed by atoms with Gasteiger partial charge in [0.1, 0.15) is 0 Å². The van der Waals surface area contributed by atoms with Crippen molar-refractivity contribution < 1.29 is 0 Å². The van der Waals surface area contributed by atoms with E-state index in [1.54, 1.807) is 0 Å². The van der Waals surface area contributed by atoms with E-state index in [1.807, 2.05) is 7.05 Å². The van der Waals surface area contributed by atoms with Crippen LogP contribution in [0.3, 0.4) is 0 Å². The number of rotatable bonds is 6. The number of nitrogens with zero attached hydrogens (tertiary/aromatic N) is 1. The van der Waals surface area contributed by atoms with Crippen LogP contribution in [0.5, 0.6) is 0 Å². The summed E-state index contributed by atoms with van der Waals surface area (Å²) in [6.45, 7) is 4.74. The van der Waals surface area contributed by atoms with Crippen LogP contribution in [0.25, 0.3) is 0 Å². The maximum Gasteiger partial charge on any atom is 0.0120 e. The van der Waals surface area contributed by atoms with Gasteiger partial charge in [0, 0.05) is 6.04 Å². The summed E-state index contributed by atoms with van der Waals surface area (Å²) in [6, 6.07) is 0.872. The summed E-state index contributed by atoms with van der Waals surface area (Å²) in [4.78, 5) is 2.58. The number of hydrogen-bond donors (Lipinski definition) is 1. The molecule has 0 amide bonds. The number of hydrogen-bond acceptors (Lipinski definition) is 2. The molecule has 0 aromatic rings. The van der Waals surface area contributed by atoms with Gasteiger partial charge in [-0.25, -0.2) is 0 Å². The van der Waals surface area contributed by atoms with Crippen molar-refractivity contribution in [2.24, 2.45) is 5.92 Å². The minimum absolute atomic E-state index is 0.872. The maximum absolute atomic E-state index is 3.21. The van der Waals surface area contributed by atoms with E-state index in [0.29, 0.717) is 0 Å². The van der Waals surface area contributed by atoms with Gasteiger partial charge in [-0.05, 0) is 52.4 Å². The first kappa shape index (κ1) is 12.0. The van der Waals surface area contributed by atoms with Crippen molar-refractivity contribution in [2.75, 3.05) is 27.2 Å². The Morgan fingerprint density at radius 3 is 2.79 bits per heavy atom. The fourth-order valence-electron chi connectivity index (χ4n) is 2.74. The van der Waals surface area contributed by atoms with E-state index in [4.69, 9.17) is 0 Å². The summed E-state index contributed by atoms with van der Waals surface area (Å²) in [7, 11) is 4.33. The van der Waals surface area contributed by atoms with Crippen LogP contribution >= 0.6 is 0 Å². The zero-order chi connectivity index (χ0) is 10.4. The lowest BCUT2D eigenvalue weighted by Crippen LogP contribution is -2.36. The molecule has 2 unspecified atom stereocenters. The molecule has 0 saturated heterocycles. The van der Waals surface area contributed by atoms with Crippen molar-refractivity contribution in [1.82, 2.24) is 10.2 Å². The zero-order valence-electron chi connectivity index (χ0n) is 10.1. The van der Waals surface area contributed by atoms with E-state index in [0.717, 1.165) is 18.5 Å². The molecule has 2 atom stereocenters. The van der Waals surface area contributed by atoms with E-state index in [-0.39, 0.29) is 0 Å². The third-order valence-electron chi connectivity index (χ3n) is 3.65. The zero-order valence-corrected chi connectivity index (χ0v) is 10.1. The maximum atomic E-state index is 3.21. The average Bonchev–Trinajstić information content (AvgIpc) is 2.65. The topological polar surface area (TPSA) is 15.3 Å². The monoisotopic (exact) mass is 198 g/mol. The lowest BCUT2D eigenvalue weighted by Gasteiger charge is -2.29. The molecule has 2 nitrogen and oxygen atoms in total. The molecule has 0 bridgehead atoms. The van der Waals surface area contributed by atoms with Crippen molar-refractivity contribution in [2.45, 2.75) is 45.1 Å². The van der Waals surface area contributed by atoms with Gasteiger partial charge < -0.3 is 10.2 Å². The molecule has 0 spiro atoms. The van der Waals surface area contributed by atoms with E-state index in [2.05, 4.69) is 24.2 Å². The summed E-state index contributed by atoms with van der Waals surface area (Å²) in [5.41, 5.74) is 0. The average molecular weight is 198 g/mol. The van der Waals surface area contributed by atoms with Crippen molar-refractivity contribution in [3.8, 4) is 0 Å². The van der Waals surface area contributed by atoms with Gasteiger partial charge >= 0.3 is 0 Å². The Bertz CT molecular complexity index is 147. The van der Waals surface area contributed by atoms with Crippen molar-refractivity contribution in [1.29, 1.82) is 0 Å². The normalized spacial score (nSPS) is 27.4. The second-order valence-corrected chi connectivity index (χ2v) is 4.60. The predicted molar refractivity (Wildman–Crippen MR) is 62.6 cm³/mol. The first-order valence-electron chi connectivity index (χ1n) is 6.14. The molecule has 0 radical (unpaired) electrons. The Labute approximate surface area is 89.1 Å². The third-order valence-corrected chi connectivity index (χ3v) is 3.65. The van der Waals surface area contributed by atoms with Crippen LogP contribution in [0.15, 0.2) is 0 Å². The molecule has 0 heterocycles. The van der Waals surface area contributed by atoms with Crippen molar-refractivity contribution >= 4 is 0 Å². The van der Waals surface area contributed by atoms with Gasteiger partial charge in [-0.2, -0.15) is 0 Å². The highest BCUT2D eigenvalue weighted by molar-refractivity contribution is 4.83. The standard InChI is InChI=1S/C12H26N2/c1-4-11-7-5-8-12(11)14(3)10-6-9-13-2/h11-13H,4-10H2,1-3H3. The molecule has 1 aliphatic rings. The quantitative estimate of drug-likeness (QED) is 0.658. The second kappa shape index (κ2) is 6.41. The Kier molecular flexibility index (Phi) is 5.49. The largest absolute Gasteiger partial charge is 0.320 e. The lowest BCUT2D eigenvalue weighted by molar-refractivity contribution is 0.192. The van der Waals surface area contributed by atoms with Crippen LogP contribution in [0.2, 0.25) is 0 Å². The molecule has 0 aromatic heterocycles. The highest BCUT2D eigenvalue weighted by atomic mass is 15.1. The smallest absolute Gasteiger partial charge is 0.0120 e. The van der Waals surface area contributed by atoms with Gasteiger partial charge in [0.05, 0.1) is 0 Å². The summed E-state index contributed by atoms with van der Waals surface area (Å²) in [5.74, 6) is 0.967. The van der Waals surface area contributed by atoms with Crippen LogP contribution in [0, 0.1) is 5.92 Å². The van der Waals surface area contributed by atoms with Gasteiger partial charge in [-0.3, -0.25) is 0 Å². The lowest BCUT2D eigenvalue weighted by atomic mass is 9.99. The van der Waals surface area contributed by atoms with Crippen molar-refractivity contribution in [3.63, 3.8) is 0 Å². The fraction of sp³-hybridized carbons (Fsp3) is 1.00.